The molecule has 0 aliphatic carbocycles. The zero-order chi connectivity index (χ0) is 32.1. The van der Waals surface area contributed by atoms with Crippen molar-refractivity contribution in [3.8, 4) is 45.3 Å². The Bertz CT molecular complexity index is 1630. The van der Waals surface area contributed by atoms with Crippen LogP contribution in [0.2, 0.25) is 0 Å². The number of esters is 2. The topological polar surface area (TPSA) is 104 Å². The summed E-state index contributed by atoms with van der Waals surface area (Å²) in [4.78, 5) is 42.2. The second-order valence-corrected chi connectivity index (χ2v) is 9.86. The summed E-state index contributed by atoms with van der Waals surface area (Å²) in [7, 11) is 0. The van der Waals surface area contributed by atoms with Crippen LogP contribution in [0.4, 0.5) is 0 Å². The van der Waals surface area contributed by atoms with Crippen LogP contribution in [-0.4, -0.2) is 45.1 Å². The molecule has 0 N–H and O–H groups in total. The smallest absolute Gasteiger partial charge is 0.338 e. The number of pyridine rings is 4. The quantitative estimate of drug-likeness (QED) is 0.160. The van der Waals surface area contributed by atoms with E-state index in [4.69, 9.17) is 9.47 Å². The highest BCUT2D eigenvalue weighted by atomic mass is 16.5. The van der Waals surface area contributed by atoms with Gasteiger partial charge in [-0.1, -0.05) is 72.8 Å². The maximum absolute atomic E-state index is 12.1. The van der Waals surface area contributed by atoms with Crippen molar-refractivity contribution in [1.82, 2.24) is 19.9 Å². The Balaban J connectivity index is 0.000000181. The summed E-state index contributed by atoms with van der Waals surface area (Å²) in [5.41, 5.74) is 7.00. The molecule has 0 aliphatic rings. The van der Waals surface area contributed by atoms with Gasteiger partial charge in [0.15, 0.2) is 0 Å². The molecular formula is C38H32N4O4. The van der Waals surface area contributed by atoms with Crippen LogP contribution in [0.15, 0.2) is 134 Å². The molecule has 46 heavy (non-hydrogen) atoms. The van der Waals surface area contributed by atoms with Crippen LogP contribution < -0.4 is 0 Å². The molecule has 0 atom stereocenters. The molecule has 0 amide bonds. The Hall–Kier alpha value is -6.02. The van der Waals surface area contributed by atoms with Gasteiger partial charge in [-0.25, -0.2) is 19.6 Å². The summed E-state index contributed by atoms with van der Waals surface area (Å²) in [6.45, 7) is 4.25. The highest BCUT2D eigenvalue weighted by Gasteiger charge is 2.15. The zero-order valence-corrected chi connectivity index (χ0v) is 25.5. The average Bonchev–Trinajstić information content (AvgIpc) is 3.13. The molecule has 8 nitrogen and oxygen atoms in total. The second kappa shape index (κ2) is 15.6. The number of benzene rings is 2. The second-order valence-electron chi connectivity index (χ2n) is 9.86. The van der Waals surface area contributed by atoms with Gasteiger partial charge in [-0.2, -0.15) is 0 Å². The lowest BCUT2D eigenvalue weighted by Crippen LogP contribution is -2.06. The highest BCUT2D eigenvalue weighted by Crippen LogP contribution is 2.25. The molecule has 228 valence electrons. The van der Waals surface area contributed by atoms with E-state index < -0.39 is 0 Å². The predicted molar refractivity (Wildman–Crippen MR) is 178 cm³/mol. The van der Waals surface area contributed by atoms with Gasteiger partial charge in [0.05, 0.1) is 58.5 Å². The first kappa shape index (κ1) is 31.4. The summed E-state index contributed by atoms with van der Waals surface area (Å²) < 4.78 is 10.2. The molecule has 0 radical (unpaired) electrons. The Kier molecular flexibility index (Phi) is 10.7. The fourth-order valence-electron chi connectivity index (χ4n) is 4.53. The SMILES string of the molecule is CCOC(=O)c1cc(-c2ccccc2)nc(-c2ccccn2)c1.CCOC(=O)c1cc(-c2ccccc2)nc(-c2ccccn2)c1. The van der Waals surface area contributed by atoms with Crippen molar-refractivity contribution in [2.75, 3.05) is 13.2 Å². The van der Waals surface area contributed by atoms with Gasteiger partial charge in [-0.15, -0.1) is 0 Å². The van der Waals surface area contributed by atoms with Crippen LogP contribution in [0.3, 0.4) is 0 Å². The minimum atomic E-state index is -0.357. The van der Waals surface area contributed by atoms with E-state index in [9.17, 15) is 9.59 Å². The van der Waals surface area contributed by atoms with Crippen LogP contribution in [0, 0.1) is 0 Å². The summed E-state index contributed by atoms with van der Waals surface area (Å²) >= 11 is 0. The van der Waals surface area contributed by atoms with E-state index in [1.54, 1.807) is 50.5 Å². The monoisotopic (exact) mass is 608 g/mol. The normalized spacial score (nSPS) is 10.3. The van der Waals surface area contributed by atoms with Crippen molar-refractivity contribution >= 4 is 11.9 Å². The summed E-state index contributed by atoms with van der Waals surface area (Å²) in [6, 6.07) is 37.6. The van der Waals surface area contributed by atoms with Gasteiger partial charge < -0.3 is 9.47 Å². The molecule has 8 heteroatoms. The standard InChI is InChI=1S/2C19H16N2O2/c2*1-2-23-19(22)15-12-17(14-8-4-3-5-9-14)21-18(13-15)16-10-6-7-11-20-16/h2*3-13H,2H2,1H3. The molecule has 0 unspecified atom stereocenters. The first-order chi connectivity index (χ1) is 22.6. The first-order valence-corrected chi connectivity index (χ1v) is 14.9. The first-order valence-electron chi connectivity index (χ1n) is 14.9. The molecule has 4 aromatic heterocycles. The lowest BCUT2D eigenvalue weighted by molar-refractivity contribution is 0.0517. The number of rotatable bonds is 8. The Labute approximate surface area is 267 Å². The van der Waals surface area contributed by atoms with E-state index >= 15 is 0 Å². The van der Waals surface area contributed by atoms with Crippen molar-refractivity contribution in [3.05, 3.63) is 145 Å². The minimum Gasteiger partial charge on any atom is -0.462 e. The maximum atomic E-state index is 12.1. The van der Waals surface area contributed by atoms with Gasteiger partial charge in [0.25, 0.3) is 0 Å². The molecule has 4 heterocycles. The van der Waals surface area contributed by atoms with Gasteiger partial charge >= 0.3 is 11.9 Å². The van der Waals surface area contributed by atoms with Gasteiger partial charge in [-0.3, -0.25) is 9.97 Å². The number of carbonyl (C=O) groups is 2. The molecule has 2 aromatic carbocycles. The summed E-state index contributed by atoms with van der Waals surface area (Å²) in [5, 5.41) is 0. The minimum absolute atomic E-state index is 0.334. The van der Waals surface area contributed by atoms with Gasteiger partial charge in [0.1, 0.15) is 0 Å². The number of carbonyl (C=O) groups excluding carboxylic acids is 2. The van der Waals surface area contributed by atoms with E-state index in [1.807, 2.05) is 97.1 Å². The lowest BCUT2D eigenvalue weighted by atomic mass is 10.1. The summed E-state index contributed by atoms with van der Waals surface area (Å²) in [5.74, 6) is -0.714. The maximum Gasteiger partial charge on any atom is 0.338 e. The van der Waals surface area contributed by atoms with Crippen LogP contribution in [-0.2, 0) is 9.47 Å². The van der Waals surface area contributed by atoms with E-state index in [0.717, 1.165) is 33.9 Å². The molecule has 0 spiro atoms. The fraction of sp³-hybridized carbons (Fsp3) is 0.105. The van der Waals surface area contributed by atoms with Crippen molar-refractivity contribution in [2.24, 2.45) is 0 Å². The van der Waals surface area contributed by atoms with Crippen molar-refractivity contribution in [3.63, 3.8) is 0 Å². The van der Waals surface area contributed by atoms with Crippen molar-refractivity contribution in [1.29, 1.82) is 0 Å². The van der Waals surface area contributed by atoms with Crippen molar-refractivity contribution < 1.29 is 19.1 Å². The van der Waals surface area contributed by atoms with Crippen LogP contribution in [0.5, 0.6) is 0 Å². The number of aromatic nitrogens is 4. The molecule has 0 saturated heterocycles. The Morgan fingerprint density at radius 3 is 1.20 bits per heavy atom. The number of hydrogen-bond donors (Lipinski definition) is 0. The largest absolute Gasteiger partial charge is 0.462 e. The van der Waals surface area contributed by atoms with E-state index in [2.05, 4.69) is 19.9 Å². The fourth-order valence-corrected chi connectivity index (χ4v) is 4.53. The molecule has 6 aromatic rings. The Morgan fingerprint density at radius 2 is 0.848 bits per heavy atom. The van der Waals surface area contributed by atoms with Gasteiger partial charge in [0, 0.05) is 23.5 Å². The third-order valence-electron chi connectivity index (χ3n) is 6.67. The molecular weight excluding hydrogens is 576 g/mol. The highest BCUT2D eigenvalue weighted by molar-refractivity contribution is 5.92. The number of ether oxygens (including phenoxy) is 2. The molecule has 0 saturated carbocycles. The predicted octanol–water partition coefficient (Wildman–Crippen LogP) is 7.97. The zero-order valence-electron chi connectivity index (χ0n) is 25.5. The lowest BCUT2D eigenvalue weighted by Gasteiger charge is -2.08. The van der Waals surface area contributed by atoms with E-state index in [-0.39, 0.29) is 11.9 Å². The van der Waals surface area contributed by atoms with E-state index in [0.29, 0.717) is 35.7 Å². The number of hydrogen-bond acceptors (Lipinski definition) is 8. The molecule has 0 fully saturated rings. The average molecular weight is 609 g/mol. The van der Waals surface area contributed by atoms with E-state index in [1.165, 1.54) is 0 Å². The summed E-state index contributed by atoms with van der Waals surface area (Å²) in [6.07, 6.45) is 3.41. The van der Waals surface area contributed by atoms with Crippen molar-refractivity contribution in [2.45, 2.75) is 13.8 Å². The van der Waals surface area contributed by atoms with Gasteiger partial charge in [0.2, 0.25) is 0 Å². The third kappa shape index (κ3) is 8.12. The number of nitrogens with zero attached hydrogens (tertiary/aromatic N) is 4. The molecule has 0 aliphatic heterocycles. The van der Waals surface area contributed by atoms with Gasteiger partial charge in [-0.05, 0) is 62.4 Å². The van der Waals surface area contributed by atoms with Crippen LogP contribution in [0.25, 0.3) is 45.3 Å². The Morgan fingerprint density at radius 1 is 0.478 bits per heavy atom. The molecule has 0 bridgehead atoms. The van der Waals surface area contributed by atoms with Crippen LogP contribution in [0.1, 0.15) is 34.6 Å². The molecule has 6 rings (SSSR count). The third-order valence-corrected chi connectivity index (χ3v) is 6.67. The van der Waals surface area contributed by atoms with Crippen LogP contribution >= 0.6 is 0 Å².